The Morgan fingerprint density at radius 2 is 1.79 bits per heavy atom. The lowest BCUT2D eigenvalue weighted by atomic mass is 9.87. The third-order valence-electron chi connectivity index (χ3n) is 5.56. The summed E-state index contributed by atoms with van der Waals surface area (Å²) in [4.78, 5) is 12.7. The maximum atomic E-state index is 12.7. The second-order valence-electron chi connectivity index (χ2n) is 7.57. The van der Waals surface area contributed by atoms with E-state index in [1.807, 2.05) is 24.3 Å². The fourth-order valence-electron chi connectivity index (χ4n) is 3.86. The highest BCUT2D eigenvalue weighted by Gasteiger charge is 2.30. The Hall–Kier alpha value is -2.21. The van der Waals surface area contributed by atoms with E-state index in [2.05, 4.69) is 34.9 Å². The van der Waals surface area contributed by atoms with Crippen molar-refractivity contribution in [3.8, 4) is 0 Å². The maximum absolute atomic E-state index is 12.7. The first kappa shape index (κ1) is 20.5. The zero-order valence-electron chi connectivity index (χ0n) is 16.1. The average molecular weight is 383 g/mol. The Bertz CT molecular complexity index is 723. The summed E-state index contributed by atoms with van der Waals surface area (Å²) in [7, 11) is 0. The Morgan fingerprint density at radius 1 is 1.11 bits per heavy atom. The molecule has 4 N–H and O–H groups in total. The van der Waals surface area contributed by atoms with E-state index >= 15 is 0 Å². The molecule has 1 heterocycles. The largest absolute Gasteiger partial charge is 0.394 e. The SMILES string of the molecule is O=C(N[C@H](CO)[C@H](O)c1ccccc1)[C@H]1C[C@@H](CCc2ccccc2)CCN1. The van der Waals surface area contributed by atoms with Gasteiger partial charge in [-0.05, 0) is 49.3 Å². The minimum Gasteiger partial charge on any atom is -0.394 e. The van der Waals surface area contributed by atoms with Crippen molar-refractivity contribution in [2.24, 2.45) is 5.92 Å². The van der Waals surface area contributed by atoms with Crippen molar-refractivity contribution in [1.82, 2.24) is 10.6 Å². The van der Waals surface area contributed by atoms with Gasteiger partial charge in [0.2, 0.25) is 5.91 Å². The molecule has 1 aliphatic heterocycles. The number of aliphatic hydroxyl groups excluding tert-OH is 2. The van der Waals surface area contributed by atoms with Crippen LogP contribution in [0.4, 0.5) is 0 Å². The summed E-state index contributed by atoms with van der Waals surface area (Å²) in [6.45, 7) is 0.495. The summed E-state index contributed by atoms with van der Waals surface area (Å²) in [5, 5.41) is 26.3. The van der Waals surface area contributed by atoms with Crippen LogP contribution < -0.4 is 10.6 Å². The topological polar surface area (TPSA) is 81.6 Å². The van der Waals surface area contributed by atoms with Crippen molar-refractivity contribution in [3.05, 3.63) is 71.8 Å². The summed E-state index contributed by atoms with van der Waals surface area (Å²) in [6.07, 6.45) is 2.98. The summed E-state index contributed by atoms with van der Waals surface area (Å²) < 4.78 is 0. The van der Waals surface area contributed by atoms with Crippen LogP contribution in [0.3, 0.4) is 0 Å². The van der Waals surface area contributed by atoms with E-state index in [9.17, 15) is 15.0 Å². The number of aliphatic hydroxyl groups is 2. The fraction of sp³-hybridized carbons (Fsp3) is 0.435. The first-order valence-electron chi connectivity index (χ1n) is 10.1. The molecule has 0 radical (unpaired) electrons. The Kier molecular flexibility index (Phi) is 7.60. The number of hydrogen-bond donors (Lipinski definition) is 4. The molecular weight excluding hydrogens is 352 g/mol. The lowest BCUT2D eigenvalue weighted by Crippen LogP contribution is -2.53. The molecule has 0 unspecified atom stereocenters. The predicted molar refractivity (Wildman–Crippen MR) is 110 cm³/mol. The molecule has 2 aromatic rings. The minimum absolute atomic E-state index is 0.154. The molecule has 1 aliphatic rings. The van der Waals surface area contributed by atoms with Gasteiger partial charge in [0.15, 0.2) is 0 Å². The number of aryl methyl sites for hydroxylation is 1. The summed E-state index contributed by atoms with van der Waals surface area (Å²) in [6, 6.07) is 18.5. The van der Waals surface area contributed by atoms with Crippen molar-refractivity contribution >= 4 is 5.91 Å². The van der Waals surface area contributed by atoms with Crippen LogP contribution in [0.1, 0.15) is 36.5 Å². The third-order valence-corrected chi connectivity index (χ3v) is 5.56. The second-order valence-corrected chi connectivity index (χ2v) is 7.57. The zero-order valence-corrected chi connectivity index (χ0v) is 16.1. The lowest BCUT2D eigenvalue weighted by molar-refractivity contribution is -0.126. The van der Waals surface area contributed by atoms with E-state index in [4.69, 9.17) is 0 Å². The van der Waals surface area contributed by atoms with Crippen LogP contribution >= 0.6 is 0 Å². The molecule has 1 fully saturated rings. The number of nitrogens with one attached hydrogen (secondary N) is 2. The number of benzene rings is 2. The molecular formula is C23H30N2O3. The fourth-order valence-corrected chi connectivity index (χ4v) is 3.86. The molecule has 4 atom stereocenters. The van der Waals surface area contributed by atoms with Crippen molar-refractivity contribution in [3.63, 3.8) is 0 Å². The zero-order chi connectivity index (χ0) is 19.8. The van der Waals surface area contributed by atoms with Crippen LogP contribution in [-0.4, -0.2) is 41.4 Å². The van der Waals surface area contributed by atoms with Crippen molar-refractivity contribution in [1.29, 1.82) is 0 Å². The molecule has 0 spiro atoms. The van der Waals surface area contributed by atoms with E-state index in [1.54, 1.807) is 12.1 Å². The van der Waals surface area contributed by atoms with Gasteiger partial charge in [-0.15, -0.1) is 0 Å². The molecule has 1 saturated heterocycles. The Balaban J connectivity index is 1.52. The predicted octanol–water partition coefficient (Wildman–Crippen LogP) is 2.20. The molecule has 5 heteroatoms. The smallest absolute Gasteiger partial charge is 0.237 e. The molecule has 1 amide bonds. The highest BCUT2D eigenvalue weighted by atomic mass is 16.3. The van der Waals surface area contributed by atoms with Gasteiger partial charge in [0.1, 0.15) is 6.10 Å². The first-order valence-corrected chi connectivity index (χ1v) is 10.1. The summed E-state index contributed by atoms with van der Waals surface area (Å²) >= 11 is 0. The molecule has 0 saturated carbocycles. The first-order chi connectivity index (χ1) is 13.7. The van der Waals surface area contributed by atoms with E-state index in [-0.39, 0.29) is 18.6 Å². The number of carbonyl (C=O) groups excluding carboxylic acids is 1. The molecule has 0 aromatic heterocycles. The van der Waals surface area contributed by atoms with Crippen LogP contribution in [0, 0.1) is 5.92 Å². The normalized spacial score (nSPS) is 21.6. The second kappa shape index (κ2) is 10.4. The van der Waals surface area contributed by atoms with Gasteiger partial charge in [0, 0.05) is 0 Å². The van der Waals surface area contributed by atoms with Crippen LogP contribution in [0.15, 0.2) is 60.7 Å². The molecule has 0 bridgehead atoms. The van der Waals surface area contributed by atoms with E-state index in [1.165, 1.54) is 5.56 Å². The van der Waals surface area contributed by atoms with Gasteiger partial charge < -0.3 is 20.8 Å². The maximum Gasteiger partial charge on any atom is 0.237 e. The van der Waals surface area contributed by atoms with Crippen LogP contribution in [-0.2, 0) is 11.2 Å². The standard InChI is InChI=1S/C23H30N2O3/c26-16-21(22(27)19-9-5-2-6-10-19)25-23(28)20-15-18(13-14-24-20)12-11-17-7-3-1-4-8-17/h1-10,18,20-22,24,26-27H,11-16H2,(H,25,28)/t18-,20+,21+,22+/m0/s1. The molecule has 28 heavy (non-hydrogen) atoms. The van der Waals surface area contributed by atoms with Gasteiger partial charge in [0.05, 0.1) is 18.7 Å². The van der Waals surface area contributed by atoms with Crippen LogP contribution in [0.2, 0.25) is 0 Å². The van der Waals surface area contributed by atoms with E-state index in [0.717, 1.165) is 32.2 Å². The molecule has 0 aliphatic carbocycles. The van der Waals surface area contributed by atoms with Gasteiger partial charge in [-0.1, -0.05) is 60.7 Å². The van der Waals surface area contributed by atoms with Gasteiger partial charge in [-0.2, -0.15) is 0 Å². The third kappa shape index (κ3) is 5.64. The highest BCUT2D eigenvalue weighted by Crippen LogP contribution is 2.23. The number of carbonyl (C=O) groups is 1. The van der Waals surface area contributed by atoms with E-state index < -0.39 is 12.1 Å². The van der Waals surface area contributed by atoms with Gasteiger partial charge in [0.25, 0.3) is 0 Å². The molecule has 150 valence electrons. The van der Waals surface area contributed by atoms with Crippen LogP contribution in [0.25, 0.3) is 0 Å². The number of amides is 1. The Morgan fingerprint density at radius 3 is 2.46 bits per heavy atom. The van der Waals surface area contributed by atoms with Crippen molar-refractivity contribution in [2.75, 3.05) is 13.2 Å². The van der Waals surface area contributed by atoms with Gasteiger partial charge in [-0.25, -0.2) is 0 Å². The quantitative estimate of drug-likeness (QED) is 0.564. The molecule has 5 nitrogen and oxygen atoms in total. The van der Waals surface area contributed by atoms with Gasteiger partial charge in [-0.3, -0.25) is 4.79 Å². The van der Waals surface area contributed by atoms with Crippen LogP contribution in [0.5, 0.6) is 0 Å². The number of rotatable bonds is 8. The monoisotopic (exact) mass is 382 g/mol. The Labute approximate surface area is 166 Å². The summed E-state index contributed by atoms with van der Waals surface area (Å²) in [5.41, 5.74) is 2.01. The van der Waals surface area contributed by atoms with Crippen molar-refractivity contribution in [2.45, 2.75) is 43.9 Å². The average Bonchev–Trinajstić information content (AvgIpc) is 2.77. The minimum atomic E-state index is -0.937. The van der Waals surface area contributed by atoms with E-state index in [0.29, 0.717) is 11.5 Å². The van der Waals surface area contributed by atoms with Crippen molar-refractivity contribution < 1.29 is 15.0 Å². The number of piperidine rings is 1. The highest BCUT2D eigenvalue weighted by molar-refractivity contribution is 5.82. The number of hydrogen-bond acceptors (Lipinski definition) is 4. The van der Waals surface area contributed by atoms with Gasteiger partial charge >= 0.3 is 0 Å². The molecule has 3 rings (SSSR count). The summed E-state index contributed by atoms with van der Waals surface area (Å²) in [5.74, 6) is 0.335. The molecule has 2 aromatic carbocycles. The lowest BCUT2D eigenvalue weighted by Gasteiger charge is -2.31.